The Labute approximate surface area is 407 Å². The monoisotopic (exact) mass is 964 g/mol. The van der Waals surface area contributed by atoms with Gasteiger partial charge < -0.3 is 47.7 Å². The van der Waals surface area contributed by atoms with Crippen LogP contribution < -0.4 is 0 Å². The maximum absolute atomic E-state index is 14.2. The zero-order chi connectivity index (χ0) is 49.7. The number of carbonyl (C=O) groups excluding carboxylic acids is 6. The van der Waals surface area contributed by atoms with Gasteiger partial charge in [0.15, 0.2) is 37.0 Å². The molecule has 16 nitrogen and oxygen atoms in total. The Morgan fingerprint density at radius 2 is 0.676 bits per heavy atom. The zero-order valence-electron chi connectivity index (χ0n) is 38.1. The maximum atomic E-state index is 14.2. The Morgan fingerprint density at radius 3 is 1.04 bits per heavy atom. The van der Waals surface area contributed by atoms with E-state index in [9.17, 15) is 33.9 Å². The van der Waals surface area contributed by atoms with E-state index < -0.39 is 110 Å². The topological polar surface area (TPSA) is 206 Å². The lowest BCUT2D eigenvalue weighted by Crippen LogP contribution is -2.65. The molecule has 0 aliphatic carbocycles. The quantitative estimate of drug-likeness (QED) is 0.0761. The van der Waals surface area contributed by atoms with Gasteiger partial charge in [-0.2, -0.15) is 0 Å². The van der Waals surface area contributed by atoms with Crippen LogP contribution in [-0.2, 0) is 42.6 Å². The molecule has 8 rings (SSSR count). The molecular weight excluding hydrogens is 917 g/mol. The lowest BCUT2D eigenvalue weighted by atomic mass is 9.90. The number of ether oxygens (including phenoxy) is 9. The van der Waals surface area contributed by atoms with Crippen LogP contribution in [0.25, 0.3) is 0 Å². The summed E-state index contributed by atoms with van der Waals surface area (Å²) >= 11 is 0. The minimum atomic E-state index is -1.84. The molecule has 2 saturated heterocycles. The molecule has 71 heavy (non-hydrogen) atoms. The van der Waals surface area contributed by atoms with E-state index in [4.69, 9.17) is 42.6 Å². The Kier molecular flexibility index (Phi) is 16.4. The molecule has 2 aliphatic rings. The molecule has 6 aromatic carbocycles. The average molecular weight is 965 g/mol. The number of rotatable bonds is 16. The van der Waals surface area contributed by atoms with E-state index >= 15 is 0 Å². The van der Waals surface area contributed by atoms with Gasteiger partial charge in [0.2, 0.25) is 0 Å². The van der Waals surface area contributed by atoms with Crippen LogP contribution in [0.4, 0.5) is 0 Å². The summed E-state index contributed by atoms with van der Waals surface area (Å²) in [7, 11) is 0. The Morgan fingerprint density at radius 1 is 0.380 bits per heavy atom. The van der Waals surface area contributed by atoms with Crippen molar-refractivity contribution in [2.75, 3.05) is 13.2 Å². The lowest BCUT2D eigenvalue weighted by molar-refractivity contribution is -0.345. The third kappa shape index (κ3) is 12.4. The Bertz CT molecular complexity index is 2720. The molecule has 0 amide bonds. The first kappa shape index (κ1) is 49.4. The average Bonchev–Trinajstić information content (AvgIpc) is 3.42. The molecule has 2 heterocycles. The van der Waals surface area contributed by atoms with Gasteiger partial charge in [-0.3, -0.25) is 0 Å². The highest BCUT2D eigenvalue weighted by molar-refractivity contribution is 5.92. The van der Waals surface area contributed by atoms with Crippen molar-refractivity contribution < 1.29 is 76.5 Å². The van der Waals surface area contributed by atoms with Crippen molar-refractivity contribution >= 4 is 35.8 Å². The summed E-state index contributed by atoms with van der Waals surface area (Å²) in [4.78, 5) is 82.9. The van der Waals surface area contributed by atoms with Crippen molar-refractivity contribution in [2.24, 2.45) is 5.92 Å². The second kappa shape index (κ2) is 23.5. The molecule has 364 valence electrons. The standard InChI is InChI=1S/C55H48O16/c1-34-43(41(32-63-48(56)35-20-8-2-9-21-35)65-54(62)44(34)67-50(58)37-24-12-4-13-25-37)71-55-47(70-53(61)40-30-18-7-19-31-40)46(69-52(60)39-28-16-6-17-29-39)45(68-51(59)38-26-14-5-15-27-38)42(66-55)33-64-49(57)36-22-10-3-11-23-36/h2-31,34,41-47,54-55,62H,32-33H2,1H3. The van der Waals surface area contributed by atoms with Gasteiger partial charge in [0.05, 0.1) is 39.5 Å². The van der Waals surface area contributed by atoms with Gasteiger partial charge >= 0.3 is 35.8 Å². The van der Waals surface area contributed by atoms with Crippen LogP contribution in [0.1, 0.15) is 69.1 Å². The van der Waals surface area contributed by atoms with Crippen LogP contribution in [0.3, 0.4) is 0 Å². The minimum absolute atomic E-state index is 0.0622. The van der Waals surface area contributed by atoms with E-state index in [0.29, 0.717) is 0 Å². The summed E-state index contributed by atoms with van der Waals surface area (Å²) in [6, 6.07) is 47.7. The van der Waals surface area contributed by atoms with Crippen LogP contribution in [0, 0.1) is 5.92 Å². The first-order chi connectivity index (χ1) is 34.5. The van der Waals surface area contributed by atoms with Crippen LogP contribution in [0.2, 0.25) is 0 Å². The third-order valence-corrected chi connectivity index (χ3v) is 11.7. The molecule has 1 N–H and O–H groups in total. The second-order valence-corrected chi connectivity index (χ2v) is 16.4. The van der Waals surface area contributed by atoms with Gasteiger partial charge in [-0.05, 0) is 72.8 Å². The predicted molar refractivity (Wildman–Crippen MR) is 250 cm³/mol. The van der Waals surface area contributed by atoms with E-state index in [-0.39, 0.29) is 33.4 Å². The van der Waals surface area contributed by atoms with Gasteiger partial charge in [-0.25, -0.2) is 28.8 Å². The van der Waals surface area contributed by atoms with Gasteiger partial charge in [0, 0.05) is 5.92 Å². The van der Waals surface area contributed by atoms with Gasteiger partial charge in [0.1, 0.15) is 25.4 Å². The number of aliphatic hydroxyl groups excluding tert-OH is 1. The van der Waals surface area contributed by atoms with Crippen molar-refractivity contribution in [2.45, 2.75) is 62.2 Å². The summed E-state index contributed by atoms with van der Waals surface area (Å²) in [5.74, 6) is -6.16. The Balaban J connectivity index is 1.21. The maximum Gasteiger partial charge on any atom is 0.338 e. The number of aliphatic hydroxyl groups is 1. The lowest BCUT2D eigenvalue weighted by Gasteiger charge is -2.48. The molecule has 0 spiro atoms. The fourth-order valence-electron chi connectivity index (χ4n) is 8.00. The summed E-state index contributed by atoms with van der Waals surface area (Å²) in [6.07, 6.45) is -14.6. The van der Waals surface area contributed by atoms with Crippen molar-refractivity contribution in [3.63, 3.8) is 0 Å². The highest BCUT2D eigenvalue weighted by Crippen LogP contribution is 2.37. The van der Waals surface area contributed by atoms with E-state index in [2.05, 4.69) is 0 Å². The molecule has 2 aliphatic heterocycles. The summed E-state index contributed by atoms with van der Waals surface area (Å²) in [6.45, 7) is 0.391. The Hall–Kier alpha value is -8.02. The van der Waals surface area contributed by atoms with Crippen LogP contribution >= 0.6 is 0 Å². The highest BCUT2D eigenvalue weighted by atomic mass is 16.8. The first-order valence-corrected chi connectivity index (χ1v) is 22.7. The second-order valence-electron chi connectivity index (χ2n) is 16.4. The van der Waals surface area contributed by atoms with Crippen LogP contribution in [0.15, 0.2) is 182 Å². The minimum Gasteiger partial charge on any atom is -0.459 e. The molecule has 6 aromatic rings. The molecule has 10 atom stereocenters. The van der Waals surface area contributed by atoms with Gasteiger partial charge in [-0.1, -0.05) is 116 Å². The number of hydrogen-bond donors (Lipinski definition) is 1. The molecular formula is C55H48O16. The molecule has 16 heteroatoms. The number of carbonyl (C=O) groups is 6. The summed E-state index contributed by atoms with van der Waals surface area (Å²) in [5, 5.41) is 11.5. The third-order valence-electron chi connectivity index (χ3n) is 11.7. The fourth-order valence-corrected chi connectivity index (χ4v) is 8.00. The van der Waals surface area contributed by atoms with E-state index in [1.165, 1.54) is 60.7 Å². The van der Waals surface area contributed by atoms with Crippen molar-refractivity contribution in [3.8, 4) is 0 Å². The van der Waals surface area contributed by atoms with Gasteiger partial charge in [0.25, 0.3) is 0 Å². The van der Waals surface area contributed by atoms with E-state index in [1.54, 1.807) is 128 Å². The molecule has 0 bridgehead atoms. The normalized spacial score (nSPS) is 23.7. The number of hydrogen-bond acceptors (Lipinski definition) is 16. The summed E-state index contributed by atoms with van der Waals surface area (Å²) in [5.41, 5.74) is 0.765. The molecule has 0 aromatic heterocycles. The zero-order valence-corrected chi connectivity index (χ0v) is 38.1. The van der Waals surface area contributed by atoms with E-state index in [0.717, 1.165) is 0 Å². The molecule has 0 saturated carbocycles. The fraction of sp³-hybridized carbons (Fsp3) is 0.236. The van der Waals surface area contributed by atoms with Crippen molar-refractivity contribution in [1.82, 2.24) is 0 Å². The SMILES string of the molecule is CC1C(OC(=O)c2ccccc2)C(O)OC(COC(=O)c2ccccc2)C1OC1OC(COC(=O)c2ccccc2)C(OC(=O)c2ccccc2)C(OC(=O)c2ccccc2)C1OC(=O)c1ccccc1. The van der Waals surface area contributed by atoms with Gasteiger partial charge in [-0.15, -0.1) is 0 Å². The number of benzene rings is 6. The summed E-state index contributed by atoms with van der Waals surface area (Å²) < 4.78 is 55.4. The molecule has 10 unspecified atom stereocenters. The first-order valence-electron chi connectivity index (χ1n) is 22.7. The number of esters is 6. The largest absolute Gasteiger partial charge is 0.459 e. The van der Waals surface area contributed by atoms with Crippen LogP contribution in [-0.4, -0.2) is 109 Å². The van der Waals surface area contributed by atoms with Crippen molar-refractivity contribution in [1.29, 1.82) is 0 Å². The van der Waals surface area contributed by atoms with Crippen LogP contribution in [0.5, 0.6) is 0 Å². The van der Waals surface area contributed by atoms with E-state index in [1.807, 2.05) is 0 Å². The predicted octanol–water partition coefficient (Wildman–Crippen LogP) is 7.07. The smallest absolute Gasteiger partial charge is 0.338 e. The van der Waals surface area contributed by atoms with Crippen molar-refractivity contribution in [3.05, 3.63) is 215 Å². The molecule has 2 fully saturated rings. The molecule has 0 radical (unpaired) electrons. The highest BCUT2D eigenvalue weighted by Gasteiger charge is 2.56.